The van der Waals surface area contributed by atoms with Crippen LogP contribution in [0, 0.1) is 13.8 Å². The van der Waals surface area contributed by atoms with E-state index in [0.717, 1.165) is 33.4 Å². The molecule has 0 saturated heterocycles. The van der Waals surface area contributed by atoms with Gasteiger partial charge in [-0.15, -0.1) is 0 Å². The molecular formula is C20H26N2O3. The van der Waals surface area contributed by atoms with Gasteiger partial charge in [-0.1, -0.05) is 26.0 Å². The molecular weight excluding hydrogens is 316 g/mol. The van der Waals surface area contributed by atoms with Crippen LogP contribution in [0.5, 0.6) is 5.88 Å². The molecule has 0 saturated carbocycles. The molecule has 1 heterocycles. The number of aryl methyl sites for hydroxylation is 2. The van der Waals surface area contributed by atoms with E-state index < -0.39 is 6.10 Å². The van der Waals surface area contributed by atoms with Crippen molar-refractivity contribution >= 4 is 5.91 Å². The van der Waals surface area contributed by atoms with Crippen LogP contribution in [0.1, 0.15) is 59.3 Å². The van der Waals surface area contributed by atoms with E-state index in [1.807, 2.05) is 32.0 Å². The lowest BCUT2D eigenvalue weighted by molar-refractivity contribution is -0.117. The maximum absolute atomic E-state index is 11.1. The Labute approximate surface area is 148 Å². The first kappa shape index (κ1) is 18.9. The number of carbonyl (C=O) groups is 1. The summed E-state index contributed by atoms with van der Waals surface area (Å²) in [6.07, 6.45) is 1.05. The first-order valence-corrected chi connectivity index (χ1v) is 8.34. The van der Waals surface area contributed by atoms with Crippen molar-refractivity contribution in [1.82, 2.24) is 4.98 Å². The zero-order chi connectivity index (χ0) is 18.7. The molecule has 2 rings (SSSR count). The summed E-state index contributed by atoms with van der Waals surface area (Å²) in [6.45, 7) is 7.97. The van der Waals surface area contributed by atoms with E-state index >= 15 is 0 Å². The summed E-state index contributed by atoms with van der Waals surface area (Å²) in [6, 6.07) is 5.74. The number of hydrogen-bond acceptors (Lipinski definition) is 4. The van der Waals surface area contributed by atoms with Gasteiger partial charge in [-0.05, 0) is 48.1 Å². The number of nitrogens with two attached hydrogens (primary N) is 1. The Kier molecular flexibility index (Phi) is 5.80. The molecule has 0 aliphatic rings. The fraction of sp³-hybridized carbons (Fsp3) is 0.400. The highest BCUT2D eigenvalue weighted by molar-refractivity contribution is 5.76. The standard InChI is InChI=1S/C20H26N2O3/c1-11(2)16-9-15(10-22-20(16)25-5)19(24)18-12(3)6-14(7-13(18)4)8-17(21)23/h6-7,9-11,19,24H,8H2,1-5H3,(H2,21,23). The number of primary amides is 1. The molecule has 0 bridgehead atoms. The molecule has 2 aromatic rings. The zero-order valence-corrected chi connectivity index (χ0v) is 15.5. The van der Waals surface area contributed by atoms with E-state index in [4.69, 9.17) is 10.5 Å². The largest absolute Gasteiger partial charge is 0.481 e. The molecule has 0 fully saturated rings. The van der Waals surface area contributed by atoms with Crippen molar-refractivity contribution in [2.24, 2.45) is 5.73 Å². The summed E-state index contributed by atoms with van der Waals surface area (Å²) in [4.78, 5) is 15.5. The van der Waals surface area contributed by atoms with Gasteiger partial charge in [0.25, 0.3) is 0 Å². The summed E-state index contributed by atoms with van der Waals surface area (Å²) in [5, 5.41) is 10.9. The van der Waals surface area contributed by atoms with E-state index in [1.54, 1.807) is 13.3 Å². The lowest BCUT2D eigenvalue weighted by Gasteiger charge is -2.20. The van der Waals surface area contributed by atoms with Crippen molar-refractivity contribution < 1.29 is 14.6 Å². The van der Waals surface area contributed by atoms with E-state index in [0.29, 0.717) is 5.88 Å². The maximum Gasteiger partial charge on any atom is 0.221 e. The first-order valence-electron chi connectivity index (χ1n) is 8.34. The number of aliphatic hydroxyl groups is 1. The summed E-state index contributed by atoms with van der Waals surface area (Å²) in [7, 11) is 1.59. The fourth-order valence-corrected chi connectivity index (χ4v) is 3.19. The second kappa shape index (κ2) is 7.66. The maximum atomic E-state index is 11.1. The molecule has 5 nitrogen and oxygen atoms in total. The van der Waals surface area contributed by atoms with E-state index in [9.17, 15) is 9.90 Å². The average molecular weight is 342 g/mol. The van der Waals surface area contributed by atoms with E-state index in [1.165, 1.54) is 0 Å². The minimum atomic E-state index is -0.793. The first-order chi connectivity index (χ1) is 11.7. The number of nitrogens with zero attached hydrogens (tertiary/aromatic N) is 1. The van der Waals surface area contributed by atoms with E-state index in [-0.39, 0.29) is 18.2 Å². The molecule has 1 unspecified atom stereocenters. The van der Waals surface area contributed by atoms with Crippen LogP contribution >= 0.6 is 0 Å². The number of aromatic nitrogens is 1. The minimum absolute atomic E-state index is 0.194. The second-order valence-corrected chi connectivity index (χ2v) is 6.71. The number of benzene rings is 1. The van der Waals surface area contributed by atoms with Crippen molar-refractivity contribution in [2.75, 3.05) is 7.11 Å². The number of methoxy groups -OCH3 is 1. The molecule has 0 radical (unpaired) electrons. The topological polar surface area (TPSA) is 85.4 Å². The highest BCUT2D eigenvalue weighted by atomic mass is 16.5. The Morgan fingerprint density at radius 3 is 2.32 bits per heavy atom. The van der Waals surface area contributed by atoms with Gasteiger partial charge in [0, 0.05) is 17.3 Å². The van der Waals surface area contributed by atoms with Crippen LogP contribution in [0.2, 0.25) is 0 Å². The van der Waals surface area contributed by atoms with Crippen LogP contribution in [0.3, 0.4) is 0 Å². The van der Waals surface area contributed by atoms with Crippen molar-refractivity contribution in [3.63, 3.8) is 0 Å². The normalized spacial score (nSPS) is 12.3. The summed E-state index contributed by atoms with van der Waals surface area (Å²) >= 11 is 0. The second-order valence-electron chi connectivity index (χ2n) is 6.71. The molecule has 0 aliphatic heterocycles. The zero-order valence-electron chi connectivity index (χ0n) is 15.5. The van der Waals surface area contributed by atoms with Gasteiger partial charge < -0.3 is 15.6 Å². The van der Waals surface area contributed by atoms with Crippen LogP contribution in [0.15, 0.2) is 24.4 Å². The van der Waals surface area contributed by atoms with Gasteiger partial charge >= 0.3 is 0 Å². The van der Waals surface area contributed by atoms with Gasteiger partial charge in [-0.25, -0.2) is 4.98 Å². The lowest BCUT2D eigenvalue weighted by atomic mass is 9.90. The van der Waals surface area contributed by atoms with Crippen LogP contribution in [0.25, 0.3) is 0 Å². The summed E-state index contributed by atoms with van der Waals surface area (Å²) in [5.41, 5.74) is 10.5. The van der Waals surface area contributed by atoms with Crippen LogP contribution in [0.4, 0.5) is 0 Å². The summed E-state index contributed by atoms with van der Waals surface area (Å²) in [5.74, 6) is 0.443. The monoisotopic (exact) mass is 342 g/mol. The Balaban J connectivity index is 2.45. The molecule has 1 aromatic carbocycles. The van der Waals surface area contributed by atoms with Crippen molar-refractivity contribution in [3.05, 3.63) is 57.8 Å². The van der Waals surface area contributed by atoms with E-state index in [2.05, 4.69) is 18.8 Å². The molecule has 1 aromatic heterocycles. The quantitative estimate of drug-likeness (QED) is 0.845. The van der Waals surface area contributed by atoms with Gasteiger partial charge in [0.2, 0.25) is 11.8 Å². The van der Waals surface area contributed by atoms with Gasteiger partial charge in [-0.2, -0.15) is 0 Å². The number of pyridine rings is 1. The number of amides is 1. The minimum Gasteiger partial charge on any atom is -0.481 e. The van der Waals surface area contributed by atoms with Gasteiger partial charge in [0.1, 0.15) is 6.10 Å². The van der Waals surface area contributed by atoms with Crippen molar-refractivity contribution in [3.8, 4) is 5.88 Å². The SMILES string of the molecule is COc1ncc(C(O)c2c(C)cc(CC(N)=O)cc2C)cc1C(C)C. The number of aliphatic hydroxyl groups excluding tert-OH is 1. The van der Waals surface area contributed by atoms with Crippen LogP contribution < -0.4 is 10.5 Å². The van der Waals surface area contributed by atoms with Gasteiger partial charge in [-0.3, -0.25) is 4.79 Å². The molecule has 1 amide bonds. The smallest absolute Gasteiger partial charge is 0.221 e. The Hall–Kier alpha value is -2.40. The van der Waals surface area contributed by atoms with Crippen LogP contribution in [-0.2, 0) is 11.2 Å². The third-order valence-electron chi connectivity index (χ3n) is 4.34. The number of rotatable bonds is 6. The average Bonchev–Trinajstić information content (AvgIpc) is 2.52. The van der Waals surface area contributed by atoms with Crippen molar-refractivity contribution in [1.29, 1.82) is 0 Å². The van der Waals surface area contributed by atoms with Crippen LogP contribution in [-0.4, -0.2) is 23.1 Å². The third-order valence-corrected chi connectivity index (χ3v) is 4.34. The summed E-state index contributed by atoms with van der Waals surface area (Å²) < 4.78 is 5.31. The molecule has 134 valence electrons. The highest BCUT2D eigenvalue weighted by Gasteiger charge is 2.20. The van der Waals surface area contributed by atoms with Gasteiger partial charge in [0.15, 0.2) is 0 Å². The molecule has 0 aliphatic carbocycles. The number of ether oxygens (including phenoxy) is 1. The Bertz CT molecular complexity index is 762. The molecule has 25 heavy (non-hydrogen) atoms. The van der Waals surface area contributed by atoms with Gasteiger partial charge in [0.05, 0.1) is 13.5 Å². The third kappa shape index (κ3) is 4.17. The molecule has 1 atom stereocenters. The van der Waals surface area contributed by atoms with Crippen molar-refractivity contribution in [2.45, 2.75) is 46.1 Å². The fourth-order valence-electron chi connectivity index (χ4n) is 3.19. The highest BCUT2D eigenvalue weighted by Crippen LogP contribution is 2.32. The Morgan fingerprint density at radius 2 is 1.84 bits per heavy atom. The molecule has 5 heteroatoms. The predicted octanol–water partition coefficient (Wildman–Crippen LogP) is 2.94. The lowest BCUT2D eigenvalue weighted by Crippen LogP contribution is -2.14. The number of hydrogen-bond donors (Lipinski definition) is 2. The Morgan fingerprint density at radius 1 is 1.24 bits per heavy atom. The number of carbonyl (C=O) groups excluding carboxylic acids is 1. The predicted molar refractivity (Wildman–Crippen MR) is 97.8 cm³/mol. The molecule has 0 spiro atoms. The molecule has 3 N–H and O–H groups in total.